The molecule has 1 saturated heterocycles. The van der Waals surface area contributed by atoms with Crippen molar-refractivity contribution < 1.29 is 4.79 Å². The van der Waals surface area contributed by atoms with Gasteiger partial charge in [0.25, 0.3) is 0 Å². The van der Waals surface area contributed by atoms with Gasteiger partial charge in [-0.1, -0.05) is 6.42 Å². The van der Waals surface area contributed by atoms with E-state index in [-0.39, 0.29) is 11.9 Å². The third-order valence-electron chi connectivity index (χ3n) is 4.68. The average Bonchev–Trinajstić information content (AvgIpc) is 2.76. The molecule has 5 nitrogen and oxygen atoms in total. The molecule has 1 aliphatic heterocycles. The summed E-state index contributed by atoms with van der Waals surface area (Å²) in [6, 6.07) is 0.661. The van der Waals surface area contributed by atoms with E-state index >= 15 is 0 Å². The highest BCUT2D eigenvalue weighted by molar-refractivity contribution is 5.76. The molecule has 1 heterocycles. The third-order valence-corrected chi connectivity index (χ3v) is 4.68. The minimum Gasteiger partial charge on any atom is -0.354 e. The maximum absolute atomic E-state index is 12.0. The molecule has 3 N–H and O–H groups in total. The number of nitrogens with one attached hydrogen (secondary N) is 1. The lowest BCUT2D eigenvalue weighted by Crippen LogP contribution is -2.54. The standard InChI is InChI=1S/C14H28N4O/c1-17-6-7-18(2)12(10-17)9-16-14(19)8-11-4-3-5-13(11)15/h11-13H,3-10,15H2,1-2H3,(H,16,19)/t11-,12?,13+/m0/s1. The molecule has 0 aromatic carbocycles. The highest BCUT2D eigenvalue weighted by Crippen LogP contribution is 2.26. The summed E-state index contributed by atoms with van der Waals surface area (Å²) < 4.78 is 0. The molecule has 1 saturated carbocycles. The minimum atomic E-state index is 0.170. The van der Waals surface area contributed by atoms with Crippen LogP contribution in [0.4, 0.5) is 0 Å². The number of hydrogen-bond donors (Lipinski definition) is 2. The van der Waals surface area contributed by atoms with Crippen LogP contribution in [0.2, 0.25) is 0 Å². The predicted molar refractivity (Wildman–Crippen MR) is 76.9 cm³/mol. The van der Waals surface area contributed by atoms with E-state index in [2.05, 4.69) is 29.2 Å². The maximum Gasteiger partial charge on any atom is 0.220 e. The number of likely N-dealkylation sites (N-methyl/N-ethyl adjacent to an activating group) is 2. The number of nitrogens with two attached hydrogens (primary N) is 1. The molecule has 0 bridgehead atoms. The summed E-state index contributed by atoms with van der Waals surface area (Å²) in [6.07, 6.45) is 3.97. The molecule has 1 unspecified atom stereocenters. The van der Waals surface area contributed by atoms with Gasteiger partial charge in [0, 0.05) is 44.7 Å². The van der Waals surface area contributed by atoms with Crippen LogP contribution < -0.4 is 11.1 Å². The third kappa shape index (κ3) is 4.16. The Kier molecular flexibility index (Phi) is 5.19. The first-order valence-electron chi connectivity index (χ1n) is 7.47. The fourth-order valence-electron chi connectivity index (χ4n) is 3.18. The molecule has 1 amide bonds. The van der Waals surface area contributed by atoms with E-state index in [1.165, 1.54) is 6.42 Å². The first-order valence-corrected chi connectivity index (χ1v) is 7.47. The molecule has 5 heteroatoms. The van der Waals surface area contributed by atoms with Gasteiger partial charge in [-0.05, 0) is 32.9 Å². The Labute approximate surface area is 116 Å². The van der Waals surface area contributed by atoms with Gasteiger partial charge in [-0.25, -0.2) is 0 Å². The van der Waals surface area contributed by atoms with Gasteiger partial charge in [0.05, 0.1) is 0 Å². The molecule has 0 aromatic rings. The summed E-state index contributed by atoms with van der Waals surface area (Å²) in [6.45, 7) is 3.96. The Balaban J connectivity index is 1.70. The van der Waals surface area contributed by atoms with Crippen molar-refractivity contribution in [3.8, 4) is 0 Å². The normalized spacial score (nSPS) is 33.5. The smallest absolute Gasteiger partial charge is 0.220 e. The van der Waals surface area contributed by atoms with Crippen molar-refractivity contribution in [2.24, 2.45) is 11.7 Å². The minimum absolute atomic E-state index is 0.170. The SMILES string of the molecule is CN1CCN(C)C(CNC(=O)C[C@@H]2CCC[C@H]2N)C1. The molecule has 19 heavy (non-hydrogen) atoms. The second-order valence-corrected chi connectivity index (χ2v) is 6.26. The van der Waals surface area contributed by atoms with Crippen molar-refractivity contribution in [3.63, 3.8) is 0 Å². The Morgan fingerprint density at radius 3 is 2.79 bits per heavy atom. The fourth-order valence-corrected chi connectivity index (χ4v) is 3.18. The maximum atomic E-state index is 12.0. The molecule has 2 aliphatic rings. The van der Waals surface area contributed by atoms with E-state index in [4.69, 9.17) is 5.73 Å². The lowest BCUT2D eigenvalue weighted by atomic mass is 10.00. The topological polar surface area (TPSA) is 61.6 Å². The second kappa shape index (κ2) is 6.68. The van der Waals surface area contributed by atoms with Crippen molar-refractivity contribution in [2.45, 2.75) is 37.8 Å². The Bertz CT molecular complexity index is 310. The number of carbonyl (C=O) groups excluding carboxylic acids is 1. The van der Waals surface area contributed by atoms with Crippen LogP contribution in [0.3, 0.4) is 0 Å². The Hall–Kier alpha value is -0.650. The molecular formula is C14H28N4O. The van der Waals surface area contributed by atoms with Crippen LogP contribution in [0.15, 0.2) is 0 Å². The number of piperazine rings is 1. The monoisotopic (exact) mass is 268 g/mol. The van der Waals surface area contributed by atoms with E-state index < -0.39 is 0 Å². The van der Waals surface area contributed by atoms with E-state index in [1.54, 1.807) is 0 Å². The fraction of sp³-hybridized carbons (Fsp3) is 0.929. The van der Waals surface area contributed by atoms with Crippen LogP contribution in [0.25, 0.3) is 0 Å². The molecule has 0 radical (unpaired) electrons. The van der Waals surface area contributed by atoms with Gasteiger partial charge in [-0.2, -0.15) is 0 Å². The van der Waals surface area contributed by atoms with Crippen LogP contribution >= 0.6 is 0 Å². The second-order valence-electron chi connectivity index (χ2n) is 6.26. The zero-order valence-corrected chi connectivity index (χ0v) is 12.3. The summed E-state index contributed by atoms with van der Waals surface area (Å²) in [7, 11) is 4.27. The van der Waals surface area contributed by atoms with Gasteiger partial charge in [0.2, 0.25) is 5.91 Å². The van der Waals surface area contributed by atoms with Gasteiger partial charge < -0.3 is 16.0 Å². The highest BCUT2D eigenvalue weighted by atomic mass is 16.1. The summed E-state index contributed by atoms with van der Waals surface area (Å²) in [5.74, 6) is 0.565. The summed E-state index contributed by atoms with van der Waals surface area (Å²) in [5.41, 5.74) is 6.01. The molecule has 0 aromatic heterocycles. The van der Waals surface area contributed by atoms with E-state index in [9.17, 15) is 4.79 Å². The van der Waals surface area contributed by atoms with Crippen LogP contribution in [-0.4, -0.2) is 68.1 Å². The number of hydrogen-bond acceptors (Lipinski definition) is 4. The number of rotatable bonds is 4. The van der Waals surface area contributed by atoms with Gasteiger partial charge in [-0.3, -0.25) is 9.69 Å². The number of nitrogens with zero attached hydrogens (tertiary/aromatic N) is 2. The van der Waals surface area contributed by atoms with Gasteiger partial charge in [0.15, 0.2) is 0 Å². The van der Waals surface area contributed by atoms with Crippen LogP contribution in [0, 0.1) is 5.92 Å². The predicted octanol–water partition coefficient (Wildman–Crippen LogP) is -0.134. The highest BCUT2D eigenvalue weighted by Gasteiger charge is 2.27. The molecule has 110 valence electrons. The van der Waals surface area contributed by atoms with Crippen molar-refractivity contribution >= 4 is 5.91 Å². The zero-order chi connectivity index (χ0) is 13.8. The number of amides is 1. The molecule has 2 fully saturated rings. The van der Waals surface area contributed by atoms with Gasteiger partial charge >= 0.3 is 0 Å². The molecule has 0 spiro atoms. The van der Waals surface area contributed by atoms with E-state index in [0.717, 1.165) is 39.0 Å². The summed E-state index contributed by atoms with van der Waals surface area (Å²) >= 11 is 0. The summed E-state index contributed by atoms with van der Waals surface area (Å²) in [5, 5.41) is 3.09. The lowest BCUT2D eigenvalue weighted by molar-refractivity contribution is -0.122. The Morgan fingerprint density at radius 1 is 1.32 bits per heavy atom. The molecule has 1 aliphatic carbocycles. The molecule has 3 atom stereocenters. The van der Waals surface area contributed by atoms with Crippen molar-refractivity contribution in [2.75, 3.05) is 40.3 Å². The van der Waals surface area contributed by atoms with Gasteiger partial charge in [-0.15, -0.1) is 0 Å². The van der Waals surface area contributed by atoms with Crippen molar-refractivity contribution in [1.82, 2.24) is 15.1 Å². The Morgan fingerprint density at radius 2 is 2.11 bits per heavy atom. The first-order chi connectivity index (χ1) is 9.06. The average molecular weight is 268 g/mol. The largest absolute Gasteiger partial charge is 0.354 e. The zero-order valence-electron chi connectivity index (χ0n) is 12.3. The van der Waals surface area contributed by atoms with Crippen molar-refractivity contribution in [3.05, 3.63) is 0 Å². The molecule has 2 rings (SSSR count). The van der Waals surface area contributed by atoms with Crippen LogP contribution in [0.5, 0.6) is 0 Å². The quantitative estimate of drug-likeness (QED) is 0.745. The lowest BCUT2D eigenvalue weighted by Gasteiger charge is -2.37. The van der Waals surface area contributed by atoms with Crippen LogP contribution in [0.1, 0.15) is 25.7 Å². The van der Waals surface area contributed by atoms with Gasteiger partial charge in [0.1, 0.15) is 0 Å². The molecular weight excluding hydrogens is 240 g/mol. The van der Waals surface area contributed by atoms with E-state index in [1.807, 2.05) is 0 Å². The van der Waals surface area contributed by atoms with Crippen molar-refractivity contribution in [1.29, 1.82) is 0 Å². The van der Waals surface area contributed by atoms with E-state index in [0.29, 0.717) is 18.4 Å². The summed E-state index contributed by atoms with van der Waals surface area (Å²) in [4.78, 5) is 16.6. The van der Waals surface area contributed by atoms with Crippen LogP contribution in [-0.2, 0) is 4.79 Å². The first kappa shape index (κ1) is 14.8. The number of carbonyl (C=O) groups is 1.